The van der Waals surface area contributed by atoms with Gasteiger partial charge in [0, 0.05) is 39.1 Å². The van der Waals surface area contributed by atoms with Crippen LogP contribution in [0.3, 0.4) is 0 Å². The van der Waals surface area contributed by atoms with Gasteiger partial charge in [-0.25, -0.2) is 0 Å². The van der Waals surface area contributed by atoms with E-state index in [1.165, 1.54) is 36.2 Å². The van der Waals surface area contributed by atoms with Gasteiger partial charge in [0.2, 0.25) is 0 Å². The molecule has 1 aromatic heterocycles. The van der Waals surface area contributed by atoms with Crippen LogP contribution in [-0.4, -0.2) is 23.4 Å². The summed E-state index contributed by atoms with van der Waals surface area (Å²) in [6.07, 6.45) is 4.48. The largest absolute Gasteiger partial charge is 0.378 e. The van der Waals surface area contributed by atoms with E-state index in [1.807, 2.05) is 24.9 Å². The predicted octanol–water partition coefficient (Wildman–Crippen LogP) is 2.72. The standard InChI is InChI=1S/C16H22N4/c1-12-15(11-20(3)18-12)17-10-13-6-7-16-14(9-13)5-4-8-19(16)2/h6-7,9,11,17H,4-5,8,10H2,1-3H3. The minimum absolute atomic E-state index is 0.851. The van der Waals surface area contributed by atoms with Gasteiger partial charge in [0.15, 0.2) is 0 Å². The van der Waals surface area contributed by atoms with E-state index in [-0.39, 0.29) is 0 Å². The molecule has 1 N–H and O–H groups in total. The first-order valence-corrected chi connectivity index (χ1v) is 7.20. The van der Waals surface area contributed by atoms with E-state index in [0.717, 1.165) is 17.9 Å². The van der Waals surface area contributed by atoms with Gasteiger partial charge in [-0.05, 0) is 37.0 Å². The van der Waals surface area contributed by atoms with Gasteiger partial charge in [0.1, 0.15) is 0 Å². The first kappa shape index (κ1) is 13.0. The molecular weight excluding hydrogens is 248 g/mol. The molecule has 0 aliphatic carbocycles. The Morgan fingerprint density at radius 3 is 2.90 bits per heavy atom. The smallest absolute Gasteiger partial charge is 0.0825 e. The Kier molecular flexibility index (Phi) is 3.38. The second-order valence-corrected chi connectivity index (χ2v) is 5.64. The number of rotatable bonds is 3. The molecule has 3 rings (SSSR count). The molecule has 0 amide bonds. The van der Waals surface area contributed by atoms with Crippen LogP contribution in [0.2, 0.25) is 0 Å². The summed E-state index contributed by atoms with van der Waals surface area (Å²) in [4.78, 5) is 2.35. The van der Waals surface area contributed by atoms with Crippen LogP contribution in [-0.2, 0) is 20.0 Å². The third-order valence-electron chi connectivity index (χ3n) is 3.99. The van der Waals surface area contributed by atoms with Crippen molar-refractivity contribution >= 4 is 11.4 Å². The number of aryl methyl sites for hydroxylation is 3. The summed E-state index contributed by atoms with van der Waals surface area (Å²) in [5, 5.41) is 7.82. The van der Waals surface area contributed by atoms with Crippen molar-refractivity contribution in [3.8, 4) is 0 Å². The molecule has 0 saturated carbocycles. The highest BCUT2D eigenvalue weighted by Crippen LogP contribution is 2.27. The van der Waals surface area contributed by atoms with Gasteiger partial charge in [-0.3, -0.25) is 4.68 Å². The maximum Gasteiger partial charge on any atom is 0.0825 e. The van der Waals surface area contributed by atoms with Crippen LogP contribution in [0.15, 0.2) is 24.4 Å². The zero-order valence-electron chi connectivity index (χ0n) is 12.5. The lowest BCUT2D eigenvalue weighted by Gasteiger charge is -2.27. The minimum Gasteiger partial charge on any atom is -0.378 e. The fourth-order valence-corrected chi connectivity index (χ4v) is 2.92. The normalized spacial score (nSPS) is 14.2. The van der Waals surface area contributed by atoms with E-state index in [2.05, 4.69) is 40.6 Å². The molecule has 4 heteroatoms. The molecule has 0 saturated heterocycles. The molecule has 2 heterocycles. The number of nitrogens with zero attached hydrogens (tertiary/aromatic N) is 3. The van der Waals surface area contributed by atoms with Crippen molar-refractivity contribution < 1.29 is 0 Å². The van der Waals surface area contributed by atoms with E-state index in [0.29, 0.717) is 0 Å². The fraction of sp³-hybridized carbons (Fsp3) is 0.438. The molecule has 0 bridgehead atoms. The van der Waals surface area contributed by atoms with E-state index < -0.39 is 0 Å². The highest BCUT2D eigenvalue weighted by Gasteiger charge is 2.13. The Bertz CT molecular complexity index is 615. The lowest BCUT2D eigenvalue weighted by Crippen LogP contribution is -2.24. The third kappa shape index (κ3) is 2.50. The Hall–Kier alpha value is -1.97. The number of fused-ring (bicyclic) bond motifs is 1. The molecule has 0 fully saturated rings. The van der Waals surface area contributed by atoms with Crippen molar-refractivity contribution in [3.05, 3.63) is 41.2 Å². The molecule has 106 valence electrons. The maximum absolute atomic E-state index is 4.35. The van der Waals surface area contributed by atoms with E-state index in [1.54, 1.807) is 0 Å². The Morgan fingerprint density at radius 2 is 2.15 bits per heavy atom. The van der Waals surface area contributed by atoms with Crippen LogP contribution >= 0.6 is 0 Å². The summed E-state index contributed by atoms with van der Waals surface area (Å²) < 4.78 is 1.85. The number of hydrogen-bond donors (Lipinski definition) is 1. The highest BCUT2D eigenvalue weighted by atomic mass is 15.3. The summed E-state index contributed by atoms with van der Waals surface area (Å²) in [6.45, 7) is 4.05. The van der Waals surface area contributed by atoms with Gasteiger partial charge >= 0.3 is 0 Å². The molecule has 1 aliphatic heterocycles. The Balaban J connectivity index is 1.74. The molecule has 1 aliphatic rings. The third-order valence-corrected chi connectivity index (χ3v) is 3.99. The number of hydrogen-bond acceptors (Lipinski definition) is 3. The van der Waals surface area contributed by atoms with Crippen molar-refractivity contribution in [1.82, 2.24) is 9.78 Å². The molecule has 1 aromatic carbocycles. The van der Waals surface area contributed by atoms with Gasteiger partial charge in [0.05, 0.1) is 11.4 Å². The summed E-state index contributed by atoms with van der Waals surface area (Å²) in [7, 11) is 4.13. The monoisotopic (exact) mass is 270 g/mol. The maximum atomic E-state index is 4.35. The molecule has 4 nitrogen and oxygen atoms in total. The number of nitrogens with one attached hydrogen (secondary N) is 1. The first-order valence-electron chi connectivity index (χ1n) is 7.20. The SMILES string of the molecule is Cc1nn(C)cc1NCc1ccc2c(c1)CCCN2C. The number of benzene rings is 1. The predicted molar refractivity (Wildman–Crippen MR) is 83.3 cm³/mol. The second kappa shape index (κ2) is 5.19. The average molecular weight is 270 g/mol. The second-order valence-electron chi connectivity index (χ2n) is 5.64. The zero-order chi connectivity index (χ0) is 14.1. The van der Waals surface area contributed by atoms with Gasteiger partial charge < -0.3 is 10.2 Å². The molecule has 20 heavy (non-hydrogen) atoms. The van der Waals surface area contributed by atoms with Crippen LogP contribution < -0.4 is 10.2 Å². The number of anilines is 2. The van der Waals surface area contributed by atoms with Crippen molar-refractivity contribution in [2.45, 2.75) is 26.3 Å². The molecule has 0 unspecified atom stereocenters. The molecular formula is C16H22N4. The van der Waals surface area contributed by atoms with E-state index in [4.69, 9.17) is 0 Å². The summed E-state index contributed by atoms with van der Waals surface area (Å²) >= 11 is 0. The van der Waals surface area contributed by atoms with Crippen LogP contribution in [0.25, 0.3) is 0 Å². The molecule has 0 atom stereocenters. The van der Waals surface area contributed by atoms with Gasteiger partial charge in [-0.15, -0.1) is 0 Å². The van der Waals surface area contributed by atoms with Crippen molar-refractivity contribution in [2.24, 2.45) is 7.05 Å². The summed E-state index contributed by atoms with van der Waals surface area (Å²) in [6, 6.07) is 6.81. The van der Waals surface area contributed by atoms with Crippen LogP contribution in [0, 0.1) is 6.92 Å². The van der Waals surface area contributed by atoms with E-state index in [9.17, 15) is 0 Å². The highest BCUT2D eigenvalue weighted by molar-refractivity contribution is 5.56. The van der Waals surface area contributed by atoms with Crippen LogP contribution in [0.1, 0.15) is 23.2 Å². The van der Waals surface area contributed by atoms with Crippen molar-refractivity contribution in [2.75, 3.05) is 23.8 Å². The first-order chi connectivity index (χ1) is 9.63. The van der Waals surface area contributed by atoms with Gasteiger partial charge in [0.25, 0.3) is 0 Å². The van der Waals surface area contributed by atoms with Crippen LogP contribution in [0.5, 0.6) is 0 Å². The number of aromatic nitrogens is 2. The average Bonchev–Trinajstić information content (AvgIpc) is 2.75. The lowest BCUT2D eigenvalue weighted by atomic mass is 9.99. The molecule has 2 aromatic rings. The quantitative estimate of drug-likeness (QED) is 0.931. The Morgan fingerprint density at radius 1 is 1.30 bits per heavy atom. The lowest BCUT2D eigenvalue weighted by molar-refractivity contribution is 0.743. The van der Waals surface area contributed by atoms with Crippen molar-refractivity contribution in [3.63, 3.8) is 0 Å². The fourth-order valence-electron chi connectivity index (χ4n) is 2.92. The summed E-state index contributed by atoms with van der Waals surface area (Å²) in [5.74, 6) is 0. The van der Waals surface area contributed by atoms with Gasteiger partial charge in [-0.1, -0.05) is 12.1 Å². The molecule has 0 spiro atoms. The molecule has 0 radical (unpaired) electrons. The van der Waals surface area contributed by atoms with E-state index >= 15 is 0 Å². The van der Waals surface area contributed by atoms with Crippen LogP contribution in [0.4, 0.5) is 11.4 Å². The zero-order valence-corrected chi connectivity index (χ0v) is 12.5. The van der Waals surface area contributed by atoms with Crippen molar-refractivity contribution in [1.29, 1.82) is 0 Å². The summed E-state index contributed by atoms with van der Waals surface area (Å²) in [5.41, 5.74) is 6.35. The minimum atomic E-state index is 0.851. The Labute approximate surface area is 120 Å². The van der Waals surface area contributed by atoms with Gasteiger partial charge in [-0.2, -0.15) is 5.10 Å². The topological polar surface area (TPSA) is 33.1 Å².